The topological polar surface area (TPSA) is 105 Å². The van der Waals surface area contributed by atoms with Crippen LogP contribution in [0.15, 0.2) is 0 Å². The Labute approximate surface area is 125 Å². The van der Waals surface area contributed by atoms with E-state index >= 15 is 0 Å². The third kappa shape index (κ3) is 17.4. The number of hydrogen-bond donors (Lipinski definition) is 2. The van der Waals surface area contributed by atoms with Crippen LogP contribution in [0.4, 0.5) is 0 Å². The summed E-state index contributed by atoms with van der Waals surface area (Å²) < 4.78 is 33.8. The summed E-state index contributed by atoms with van der Waals surface area (Å²) in [6.07, 6.45) is 0. The molecule has 0 aliphatic rings. The molecule has 0 amide bonds. The molecule has 0 unspecified atom stereocenters. The van der Waals surface area contributed by atoms with Crippen molar-refractivity contribution in [2.75, 3.05) is 0 Å². The Morgan fingerprint density at radius 3 is 1.44 bits per heavy atom. The third-order valence-electron chi connectivity index (χ3n) is 0.664. The van der Waals surface area contributed by atoms with Gasteiger partial charge in [-0.1, -0.05) is 0 Å². The Morgan fingerprint density at radius 1 is 0.667 bits per heavy atom. The molecule has 0 rings (SSSR count). The van der Waals surface area contributed by atoms with Crippen LogP contribution < -0.4 is 0 Å². The van der Waals surface area contributed by atoms with Crippen LogP contribution in [0.2, 0.25) is 0 Å². The van der Waals surface area contributed by atoms with Gasteiger partial charge in [-0.2, -0.15) is 0 Å². The van der Waals surface area contributed by atoms with Gasteiger partial charge in [0.2, 0.25) is 10.5 Å². The lowest BCUT2D eigenvalue weighted by molar-refractivity contribution is 0.0215. The van der Waals surface area contributed by atoms with Crippen LogP contribution in [0.25, 0.3) is 0 Å². The predicted octanol–water partition coefficient (Wildman–Crippen LogP) is -4.72. The summed E-state index contributed by atoms with van der Waals surface area (Å²) in [5.74, 6) is -1.47. The van der Waals surface area contributed by atoms with Gasteiger partial charge in [0.1, 0.15) is 0 Å². The molecule has 0 aliphatic heterocycles. The first-order chi connectivity index (χ1) is 8.77. The van der Waals surface area contributed by atoms with Crippen LogP contribution >= 0.6 is 0 Å². The van der Waals surface area contributed by atoms with Crippen molar-refractivity contribution in [1.29, 1.82) is 0 Å². The molecule has 17 heteroatoms. The smallest absolute Gasteiger partial charge is 0.412 e. The molecule has 93 valence electrons. The molecule has 2 N–H and O–H groups in total. The average molecular weight is 384 g/mol. The van der Waals surface area contributed by atoms with Gasteiger partial charge in [-0.05, 0) is 0 Å². The summed E-state index contributed by atoms with van der Waals surface area (Å²) >= 11 is 0. The van der Waals surface area contributed by atoms with Crippen molar-refractivity contribution < 1.29 is 39.0 Å². The Balaban J connectivity index is 2.90. The molecule has 0 saturated carbocycles. The highest BCUT2D eigenvalue weighted by Gasteiger charge is 2.05. The largest absolute Gasteiger partial charge is 0.435 e. The van der Waals surface area contributed by atoms with Crippen LogP contribution in [0.1, 0.15) is 0 Å². The minimum Gasteiger partial charge on any atom is -0.435 e. The minimum absolute atomic E-state index is 0.121. The van der Waals surface area contributed by atoms with E-state index in [1.165, 1.54) is 0 Å². The monoisotopic (exact) mass is 383 g/mol. The van der Waals surface area contributed by atoms with Gasteiger partial charge in [-0.3, -0.25) is 0 Å². The predicted molar refractivity (Wildman–Crippen MR) is 61.9 cm³/mol. The second-order valence-corrected chi connectivity index (χ2v) is 9.17. The molecule has 0 aliphatic carbocycles. The lowest BCUT2D eigenvalue weighted by Gasteiger charge is -2.03. The first-order valence-corrected chi connectivity index (χ1v) is 9.96. The maximum atomic E-state index is 8.44. The normalized spacial score (nSPS) is 11.3. The Hall–Kier alpha value is 1.38. The van der Waals surface area contributed by atoms with E-state index in [1.54, 1.807) is 0 Å². The average Bonchev–Trinajstić information content (AvgIpc) is 2.34. The second kappa shape index (κ2) is 16.4. The zero-order valence-corrected chi connectivity index (χ0v) is 16.3. The first kappa shape index (κ1) is 19.4. The number of aliphatic hydroxyl groups excluding tert-OH is 1. The van der Waals surface area contributed by atoms with E-state index in [0.717, 1.165) is 0 Å². The van der Waals surface area contributed by atoms with E-state index in [2.05, 4.69) is 14.6 Å². The van der Waals surface area contributed by atoms with E-state index in [9.17, 15) is 0 Å². The highest BCUT2D eigenvalue weighted by Crippen LogP contribution is 1.78. The van der Waals surface area contributed by atoms with E-state index < -0.39 is 15.7 Å². The first-order valence-electron chi connectivity index (χ1n) is 3.66. The molecule has 0 bridgehead atoms. The Kier molecular flexibility index (Phi) is 17.7. The van der Waals surface area contributed by atoms with Crippen molar-refractivity contribution in [3.63, 3.8) is 0 Å². The highest BCUT2D eigenvalue weighted by atomic mass is 28.4. The van der Waals surface area contributed by atoms with E-state index in [0.29, 0.717) is 0 Å². The summed E-state index contributed by atoms with van der Waals surface area (Å²) in [4.78, 5) is 0. The summed E-state index contributed by atoms with van der Waals surface area (Å²) in [6, 6.07) is 0. The standard InChI is InChI=1S/CH3O9Si8/c2-1(3)12-5-14-7-16-9-18-10-17-8-15-6-13-4-11/h1-3H. The zero-order valence-electron chi connectivity index (χ0n) is 8.33. The van der Waals surface area contributed by atoms with Gasteiger partial charge in [0.05, 0.1) is 0 Å². The van der Waals surface area contributed by atoms with Crippen molar-refractivity contribution in [2.45, 2.75) is 5.91 Å². The fraction of sp³-hybridized carbons (Fsp3) is 1.00. The third-order valence-corrected chi connectivity index (χ3v) is 5.35. The van der Waals surface area contributed by atoms with Crippen LogP contribution in [-0.2, 0) is 28.8 Å². The molecule has 0 aromatic carbocycles. The lowest BCUT2D eigenvalue weighted by Crippen LogP contribution is -2.23. The van der Waals surface area contributed by atoms with Gasteiger partial charge in [-0.25, -0.2) is 0 Å². The maximum absolute atomic E-state index is 8.44. The van der Waals surface area contributed by atoms with Crippen LogP contribution in [-0.4, -0.2) is 96.4 Å². The van der Waals surface area contributed by atoms with Gasteiger partial charge >= 0.3 is 60.0 Å². The second-order valence-electron chi connectivity index (χ2n) is 1.71. The molecular formula is CH3O9Si8. The number of aliphatic hydroxyl groups is 2. The summed E-state index contributed by atoms with van der Waals surface area (Å²) in [6.45, 7) is 0. The van der Waals surface area contributed by atoms with Gasteiger partial charge in [0, 0.05) is 0 Å². The molecule has 18 heavy (non-hydrogen) atoms. The van der Waals surface area contributed by atoms with Crippen LogP contribution in [0.3, 0.4) is 0 Å². The fourth-order valence-electron chi connectivity index (χ4n) is 0.287. The molecule has 17 radical (unpaired) electrons. The Bertz CT molecular complexity index is 160. The van der Waals surface area contributed by atoms with E-state index in [1.807, 2.05) is 0 Å². The van der Waals surface area contributed by atoms with Gasteiger partial charge in [-0.15, -0.1) is 0 Å². The Morgan fingerprint density at radius 2 is 1.06 bits per heavy atom. The number of rotatable bonds is 14. The molecular weight excluding hydrogens is 381 g/mol. The highest BCUT2D eigenvalue weighted by molar-refractivity contribution is 6.49. The molecule has 0 aromatic heterocycles. The SMILES string of the molecule is OC(O)[Si]O[Si]O[Si]O[Si]O[Si]O[Si]O[Si]O[Si]. The minimum atomic E-state index is -1.47. The van der Waals surface area contributed by atoms with Crippen LogP contribution in [0, 0.1) is 0 Å². The summed E-state index contributed by atoms with van der Waals surface area (Å²) in [5, 5.41) is 16.9. The van der Waals surface area contributed by atoms with Crippen molar-refractivity contribution in [2.24, 2.45) is 0 Å². The molecule has 9 nitrogen and oxygen atoms in total. The van der Waals surface area contributed by atoms with Gasteiger partial charge in [0.25, 0.3) is 9.76 Å². The fourth-order valence-corrected chi connectivity index (χ4v) is 4.83. The van der Waals surface area contributed by atoms with Gasteiger partial charge in [0.15, 0.2) is 5.91 Å². The zero-order chi connectivity index (χ0) is 13.5. The molecule has 0 atom stereocenters. The molecule has 0 spiro atoms. The molecule has 0 aromatic rings. The quantitative estimate of drug-likeness (QED) is 0.174. The molecule has 0 saturated heterocycles. The van der Waals surface area contributed by atoms with Crippen molar-refractivity contribution >= 4 is 80.3 Å². The van der Waals surface area contributed by atoms with Crippen molar-refractivity contribution in [1.82, 2.24) is 0 Å². The van der Waals surface area contributed by atoms with E-state index in [4.69, 9.17) is 34.9 Å². The lowest BCUT2D eigenvalue weighted by atomic mass is 11.5. The summed E-state index contributed by atoms with van der Waals surface area (Å²) in [7, 11) is 1.13. The molecule has 0 fully saturated rings. The van der Waals surface area contributed by atoms with E-state index in [-0.39, 0.29) is 60.0 Å². The number of hydrogen-bond acceptors (Lipinski definition) is 9. The van der Waals surface area contributed by atoms with Crippen molar-refractivity contribution in [3.8, 4) is 0 Å². The van der Waals surface area contributed by atoms with Crippen LogP contribution in [0.5, 0.6) is 0 Å². The maximum Gasteiger partial charge on any atom is 0.412 e. The summed E-state index contributed by atoms with van der Waals surface area (Å²) in [5.41, 5.74) is 0. The van der Waals surface area contributed by atoms with Gasteiger partial charge < -0.3 is 39.0 Å². The van der Waals surface area contributed by atoms with Crippen molar-refractivity contribution in [3.05, 3.63) is 0 Å². The molecule has 0 heterocycles.